The number of hydrogen-bond acceptors (Lipinski definition) is 6. The molecule has 9 heteroatoms. The minimum atomic E-state index is -0.295. The summed E-state index contributed by atoms with van der Waals surface area (Å²) in [4.78, 5) is 30.2. The molecular weight excluding hydrogens is 484 g/mol. The largest absolute Gasteiger partial charge is 0.368 e. The minimum Gasteiger partial charge on any atom is -0.368 e. The molecule has 4 rings (SSSR count). The number of benzene rings is 2. The summed E-state index contributed by atoms with van der Waals surface area (Å²) in [7, 11) is 0. The molecule has 1 fully saturated rings. The van der Waals surface area contributed by atoms with E-state index in [2.05, 4.69) is 46.4 Å². The van der Waals surface area contributed by atoms with Gasteiger partial charge in [-0.05, 0) is 44.0 Å². The molecule has 196 valence electrons. The van der Waals surface area contributed by atoms with Crippen LogP contribution >= 0.6 is 11.8 Å². The third-order valence-electron chi connectivity index (χ3n) is 6.65. The van der Waals surface area contributed by atoms with E-state index in [1.54, 1.807) is 0 Å². The van der Waals surface area contributed by atoms with Gasteiger partial charge in [-0.2, -0.15) is 0 Å². The average molecular weight is 521 g/mol. The third kappa shape index (κ3) is 6.52. The Morgan fingerprint density at radius 1 is 1.00 bits per heavy atom. The first-order valence-electron chi connectivity index (χ1n) is 12.9. The summed E-state index contributed by atoms with van der Waals surface area (Å²) in [5.74, 6) is 1.12. The summed E-state index contributed by atoms with van der Waals surface area (Å²) in [5.41, 5.74) is 2.86. The van der Waals surface area contributed by atoms with Crippen LogP contribution < -0.4 is 10.2 Å². The van der Waals surface area contributed by atoms with Crippen molar-refractivity contribution in [3.8, 4) is 0 Å². The first-order chi connectivity index (χ1) is 17.9. The van der Waals surface area contributed by atoms with Crippen molar-refractivity contribution in [3.63, 3.8) is 0 Å². The molecule has 0 bridgehead atoms. The van der Waals surface area contributed by atoms with Crippen LogP contribution in [-0.2, 0) is 11.3 Å². The van der Waals surface area contributed by atoms with E-state index >= 15 is 0 Å². The van der Waals surface area contributed by atoms with Crippen molar-refractivity contribution >= 4 is 29.3 Å². The van der Waals surface area contributed by atoms with Gasteiger partial charge in [-0.15, -0.1) is 10.2 Å². The number of hydrogen-bond donors (Lipinski definition) is 1. The zero-order valence-electron chi connectivity index (χ0n) is 22.1. The molecule has 3 aromatic rings. The van der Waals surface area contributed by atoms with Crippen molar-refractivity contribution < 1.29 is 9.59 Å². The SMILES string of the molecule is CCn1c(SCC(=O)N2CCN(c3ccccc3)CC2)nnc1[C@@H](NC(=O)c1cccc(C)c1)C(C)C. The maximum atomic E-state index is 13.0. The molecule has 0 radical (unpaired) electrons. The van der Waals surface area contributed by atoms with Gasteiger partial charge in [0.25, 0.3) is 5.91 Å². The summed E-state index contributed by atoms with van der Waals surface area (Å²) < 4.78 is 2.01. The van der Waals surface area contributed by atoms with E-state index in [0.29, 0.717) is 41.9 Å². The van der Waals surface area contributed by atoms with Crippen LogP contribution in [0.4, 0.5) is 5.69 Å². The van der Waals surface area contributed by atoms with Crippen LogP contribution in [0.2, 0.25) is 0 Å². The Balaban J connectivity index is 1.38. The smallest absolute Gasteiger partial charge is 0.251 e. The van der Waals surface area contributed by atoms with E-state index in [9.17, 15) is 9.59 Å². The van der Waals surface area contributed by atoms with Crippen LogP contribution in [0.1, 0.15) is 48.6 Å². The normalized spacial score (nSPS) is 14.6. The van der Waals surface area contributed by atoms with Gasteiger partial charge in [-0.25, -0.2) is 0 Å². The van der Waals surface area contributed by atoms with E-state index in [4.69, 9.17) is 0 Å². The predicted molar refractivity (Wildman–Crippen MR) is 148 cm³/mol. The van der Waals surface area contributed by atoms with Crippen LogP contribution in [0.25, 0.3) is 0 Å². The van der Waals surface area contributed by atoms with Crippen LogP contribution in [0, 0.1) is 12.8 Å². The van der Waals surface area contributed by atoms with E-state index in [1.165, 1.54) is 17.4 Å². The molecule has 1 aromatic heterocycles. The first kappa shape index (κ1) is 26.7. The molecule has 8 nitrogen and oxygen atoms in total. The fourth-order valence-electron chi connectivity index (χ4n) is 4.54. The number of anilines is 1. The predicted octanol–water partition coefficient (Wildman–Crippen LogP) is 4.17. The topological polar surface area (TPSA) is 83.4 Å². The number of nitrogens with one attached hydrogen (secondary N) is 1. The van der Waals surface area contributed by atoms with Crippen molar-refractivity contribution in [2.45, 2.75) is 45.4 Å². The third-order valence-corrected chi connectivity index (χ3v) is 7.60. The molecular formula is C28H36N6O2S. The Labute approximate surface area is 223 Å². The van der Waals surface area contributed by atoms with E-state index in [1.807, 2.05) is 65.8 Å². The molecule has 1 saturated heterocycles. The molecule has 0 saturated carbocycles. The monoisotopic (exact) mass is 520 g/mol. The second kappa shape index (κ2) is 12.3. The van der Waals surface area contributed by atoms with Gasteiger partial charge in [0.1, 0.15) is 0 Å². The highest BCUT2D eigenvalue weighted by Crippen LogP contribution is 2.26. The van der Waals surface area contributed by atoms with Gasteiger partial charge in [0.15, 0.2) is 11.0 Å². The number of thioether (sulfide) groups is 1. The standard InChI is InChI=1S/C28H36N6O2S/c1-5-34-26(25(20(2)3)29-27(36)22-11-9-10-21(4)18-22)30-31-28(34)37-19-24(35)33-16-14-32(15-17-33)23-12-7-6-8-13-23/h6-13,18,20,25H,5,14-17,19H2,1-4H3,(H,29,36)/t25-/m0/s1. The van der Waals surface area contributed by atoms with E-state index in [-0.39, 0.29) is 23.8 Å². The Morgan fingerprint density at radius 3 is 2.38 bits per heavy atom. The fraction of sp³-hybridized carbons (Fsp3) is 0.429. The molecule has 1 aliphatic rings. The maximum Gasteiger partial charge on any atom is 0.251 e. The lowest BCUT2D eigenvalue weighted by Gasteiger charge is -2.36. The highest BCUT2D eigenvalue weighted by Gasteiger charge is 2.27. The number of aryl methyl sites for hydroxylation is 1. The number of aromatic nitrogens is 3. The number of carbonyl (C=O) groups excluding carboxylic acids is 2. The van der Waals surface area contributed by atoms with Crippen molar-refractivity contribution in [1.29, 1.82) is 0 Å². The highest BCUT2D eigenvalue weighted by molar-refractivity contribution is 7.99. The first-order valence-corrected chi connectivity index (χ1v) is 13.9. The van der Waals surface area contributed by atoms with Gasteiger partial charge in [0.2, 0.25) is 5.91 Å². The Morgan fingerprint density at radius 2 is 1.73 bits per heavy atom. The van der Waals surface area contributed by atoms with Crippen molar-refractivity contribution in [2.75, 3.05) is 36.8 Å². The van der Waals surface area contributed by atoms with Crippen LogP contribution in [0.3, 0.4) is 0 Å². The molecule has 1 aliphatic heterocycles. The summed E-state index contributed by atoms with van der Waals surface area (Å²) in [5, 5.41) is 12.7. The van der Waals surface area contributed by atoms with E-state index in [0.717, 1.165) is 18.7 Å². The lowest BCUT2D eigenvalue weighted by Crippen LogP contribution is -2.49. The van der Waals surface area contributed by atoms with Gasteiger partial charge < -0.3 is 19.7 Å². The van der Waals surface area contributed by atoms with Crippen molar-refractivity contribution in [3.05, 3.63) is 71.5 Å². The Kier molecular flexibility index (Phi) is 8.87. The number of piperazine rings is 1. The molecule has 2 aromatic carbocycles. The Hall–Kier alpha value is -3.33. The van der Waals surface area contributed by atoms with Crippen LogP contribution in [0.15, 0.2) is 59.8 Å². The summed E-state index contributed by atoms with van der Waals surface area (Å²) >= 11 is 1.41. The van der Waals surface area contributed by atoms with Crippen LogP contribution in [-0.4, -0.2) is 63.4 Å². The minimum absolute atomic E-state index is 0.109. The highest BCUT2D eigenvalue weighted by atomic mass is 32.2. The summed E-state index contributed by atoms with van der Waals surface area (Å²) in [6.45, 7) is 11.8. The second-order valence-electron chi connectivity index (χ2n) is 9.64. The van der Waals surface area contributed by atoms with Crippen molar-refractivity contribution in [1.82, 2.24) is 25.0 Å². The summed E-state index contributed by atoms with van der Waals surface area (Å²) in [6, 6.07) is 17.6. The number of rotatable bonds is 9. The van der Waals surface area contributed by atoms with Gasteiger partial charge in [0, 0.05) is 44.0 Å². The molecule has 37 heavy (non-hydrogen) atoms. The maximum absolute atomic E-state index is 13.0. The summed E-state index contributed by atoms with van der Waals surface area (Å²) in [6.07, 6.45) is 0. The lowest BCUT2D eigenvalue weighted by atomic mass is 10.0. The average Bonchev–Trinajstić information content (AvgIpc) is 3.33. The van der Waals surface area contributed by atoms with Gasteiger partial charge in [-0.3, -0.25) is 9.59 Å². The number of carbonyl (C=O) groups is 2. The number of para-hydroxylation sites is 1. The van der Waals surface area contributed by atoms with Gasteiger partial charge in [0.05, 0.1) is 11.8 Å². The van der Waals surface area contributed by atoms with E-state index < -0.39 is 0 Å². The fourth-order valence-corrected chi connectivity index (χ4v) is 5.46. The lowest BCUT2D eigenvalue weighted by molar-refractivity contribution is -0.128. The van der Waals surface area contributed by atoms with Gasteiger partial charge in [-0.1, -0.05) is 61.5 Å². The van der Waals surface area contributed by atoms with Gasteiger partial charge >= 0.3 is 0 Å². The second-order valence-corrected chi connectivity index (χ2v) is 10.6. The number of amides is 2. The van der Waals surface area contributed by atoms with Crippen LogP contribution in [0.5, 0.6) is 0 Å². The molecule has 1 atom stereocenters. The molecule has 1 N–H and O–H groups in total. The quantitative estimate of drug-likeness (QED) is 0.427. The molecule has 0 aliphatic carbocycles. The molecule has 0 unspecified atom stereocenters. The Bertz CT molecular complexity index is 1200. The molecule has 0 spiro atoms. The zero-order valence-corrected chi connectivity index (χ0v) is 22.9. The number of nitrogens with zero attached hydrogens (tertiary/aromatic N) is 5. The zero-order chi connectivity index (χ0) is 26.4. The molecule has 2 amide bonds. The molecule has 2 heterocycles. The van der Waals surface area contributed by atoms with Crippen molar-refractivity contribution in [2.24, 2.45) is 5.92 Å².